The van der Waals surface area contributed by atoms with Crippen LogP contribution in [-0.2, 0) is 0 Å². The zero-order valence-electron chi connectivity index (χ0n) is 11.9. The maximum Gasteiger partial charge on any atom is 0.0568 e. The highest BCUT2D eigenvalue weighted by atomic mass is 14.8. The van der Waals surface area contributed by atoms with Crippen LogP contribution in [0, 0.1) is 0 Å². The minimum Gasteiger partial charge on any atom is -0.403 e. The van der Waals surface area contributed by atoms with Gasteiger partial charge < -0.3 is 11.1 Å². The summed E-state index contributed by atoms with van der Waals surface area (Å²) in [6.07, 6.45) is 1.58. The van der Waals surface area contributed by atoms with E-state index in [2.05, 4.69) is 41.7 Å². The van der Waals surface area contributed by atoms with Gasteiger partial charge in [-0.3, -0.25) is 0 Å². The number of nitrogens with two attached hydrogens (primary N) is 1. The average Bonchev–Trinajstić information content (AvgIpc) is 2.52. The third-order valence-electron chi connectivity index (χ3n) is 2.74. The molecule has 0 aromatic heterocycles. The molecule has 19 heavy (non-hydrogen) atoms. The van der Waals surface area contributed by atoms with Gasteiger partial charge in [-0.05, 0) is 16.7 Å². The Hall–Kier alpha value is -2.22. The Bertz CT molecular complexity index is 499. The molecule has 0 fully saturated rings. The molecule has 0 atom stereocenters. The predicted octanol–water partition coefficient (Wildman–Crippen LogP) is 3.86. The van der Waals surface area contributed by atoms with Crippen LogP contribution in [0.1, 0.15) is 19.4 Å². The zero-order valence-corrected chi connectivity index (χ0v) is 11.9. The lowest BCUT2D eigenvalue weighted by Crippen LogP contribution is -2.06. The second-order valence-electron chi connectivity index (χ2n) is 3.77. The van der Waals surface area contributed by atoms with Crippen molar-refractivity contribution in [1.82, 2.24) is 5.32 Å². The van der Waals surface area contributed by atoms with Gasteiger partial charge in [0, 0.05) is 13.2 Å². The fourth-order valence-electron chi connectivity index (χ4n) is 1.80. The topological polar surface area (TPSA) is 38.0 Å². The van der Waals surface area contributed by atoms with E-state index in [0.29, 0.717) is 0 Å². The lowest BCUT2D eigenvalue weighted by molar-refractivity contribution is 1.12. The van der Waals surface area contributed by atoms with Gasteiger partial charge in [0.15, 0.2) is 0 Å². The van der Waals surface area contributed by atoms with E-state index < -0.39 is 0 Å². The molecule has 0 amide bonds. The average molecular weight is 254 g/mol. The molecule has 2 rings (SSSR count). The van der Waals surface area contributed by atoms with E-state index in [9.17, 15) is 0 Å². The van der Waals surface area contributed by atoms with E-state index >= 15 is 0 Å². The first kappa shape index (κ1) is 14.8. The quantitative estimate of drug-likeness (QED) is 0.873. The standard InChI is InChI=1S/C15H16N2.C2H6/c1-17-15(11-16)14-9-7-13(8-10-14)12-5-3-2-4-6-12;1-2/h2-11,17H,16H2,1H3;1-2H3/b15-11-;. The fourth-order valence-corrected chi connectivity index (χ4v) is 1.80. The molecular formula is C17H22N2. The highest BCUT2D eigenvalue weighted by Crippen LogP contribution is 2.20. The summed E-state index contributed by atoms with van der Waals surface area (Å²) in [6.45, 7) is 4.00. The second kappa shape index (κ2) is 7.98. The van der Waals surface area contributed by atoms with Crippen LogP contribution in [0.5, 0.6) is 0 Å². The van der Waals surface area contributed by atoms with Crippen molar-refractivity contribution in [3.05, 3.63) is 66.4 Å². The van der Waals surface area contributed by atoms with E-state index in [4.69, 9.17) is 5.73 Å². The van der Waals surface area contributed by atoms with Crippen molar-refractivity contribution in [1.29, 1.82) is 0 Å². The largest absolute Gasteiger partial charge is 0.403 e. The van der Waals surface area contributed by atoms with E-state index in [1.807, 2.05) is 39.1 Å². The van der Waals surface area contributed by atoms with E-state index in [1.54, 1.807) is 6.20 Å². The van der Waals surface area contributed by atoms with Crippen LogP contribution < -0.4 is 11.1 Å². The van der Waals surface area contributed by atoms with Gasteiger partial charge in [0.2, 0.25) is 0 Å². The van der Waals surface area contributed by atoms with Crippen LogP contribution in [0.2, 0.25) is 0 Å². The Kier molecular flexibility index (Phi) is 6.23. The van der Waals surface area contributed by atoms with Crippen molar-refractivity contribution >= 4 is 5.70 Å². The Labute approximate surface area is 116 Å². The van der Waals surface area contributed by atoms with Crippen molar-refractivity contribution in [2.75, 3.05) is 7.05 Å². The molecular weight excluding hydrogens is 232 g/mol. The van der Waals surface area contributed by atoms with E-state index in [-0.39, 0.29) is 0 Å². The van der Waals surface area contributed by atoms with Gasteiger partial charge in [0.05, 0.1) is 5.70 Å². The Morgan fingerprint density at radius 3 is 1.89 bits per heavy atom. The summed E-state index contributed by atoms with van der Waals surface area (Å²) in [6, 6.07) is 18.7. The molecule has 0 aliphatic heterocycles. The lowest BCUT2D eigenvalue weighted by Gasteiger charge is -2.07. The smallest absolute Gasteiger partial charge is 0.0568 e. The number of benzene rings is 2. The van der Waals surface area contributed by atoms with Crippen molar-refractivity contribution in [2.45, 2.75) is 13.8 Å². The first-order valence-electron chi connectivity index (χ1n) is 6.60. The maximum absolute atomic E-state index is 5.54. The molecule has 2 aromatic carbocycles. The predicted molar refractivity (Wildman–Crippen MR) is 84.5 cm³/mol. The van der Waals surface area contributed by atoms with Gasteiger partial charge in [0.25, 0.3) is 0 Å². The molecule has 2 nitrogen and oxygen atoms in total. The van der Waals surface area contributed by atoms with Crippen LogP contribution in [0.4, 0.5) is 0 Å². The van der Waals surface area contributed by atoms with Crippen LogP contribution in [0.3, 0.4) is 0 Å². The van der Waals surface area contributed by atoms with Crippen molar-refractivity contribution in [3.8, 4) is 11.1 Å². The number of hydrogen-bond donors (Lipinski definition) is 2. The van der Waals surface area contributed by atoms with E-state index in [1.165, 1.54) is 11.1 Å². The zero-order chi connectivity index (χ0) is 14.1. The monoisotopic (exact) mass is 254 g/mol. The molecule has 0 aliphatic carbocycles. The minimum atomic E-state index is 0.935. The SMILES string of the molecule is CC.CN/C(=C\N)c1ccc(-c2ccccc2)cc1. The van der Waals surface area contributed by atoms with Gasteiger partial charge >= 0.3 is 0 Å². The third kappa shape index (κ3) is 3.88. The molecule has 0 radical (unpaired) electrons. The molecule has 0 bridgehead atoms. The minimum absolute atomic E-state index is 0.935. The van der Waals surface area contributed by atoms with Gasteiger partial charge in [-0.25, -0.2) is 0 Å². The molecule has 0 heterocycles. The summed E-state index contributed by atoms with van der Waals surface area (Å²) in [5.41, 5.74) is 10.0. The summed E-state index contributed by atoms with van der Waals surface area (Å²) < 4.78 is 0. The summed E-state index contributed by atoms with van der Waals surface area (Å²) in [4.78, 5) is 0. The van der Waals surface area contributed by atoms with Crippen molar-refractivity contribution in [2.24, 2.45) is 5.73 Å². The summed E-state index contributed by atoms with van der Waals surface area (Å²) in [5, 5.41) is 3.06. The summed E-state index contributed by atoms with van der Waals surface area (Å²) >= 11 is 0. The van der Waals surface area contributed by atoms with Crippen LogP contribution >= 0.6 is 0 Å². The highest BCUT2D eigenvalue weighted by molar-refractivity contribution is 5.69. The Balaban J connectivity index is 0.000000861. The number of hydrogen-bond acceptors (Lipinski definition) is 2. The molecule has 3 N–H and O–H groups in total. The van der Waals surface area contributed by atoms with Crippen LogP contribution in [-0.4, -0.2) is 7.05 Å². The number of nitrogens with one attached hydrogen (secondary N) is 1. The van der Waals surface area contributed by atoms with Crippen molar-refractivity contribution in [3.63, 3.8) is 0 Å². The summed E-state index contributed by atoms with van der Waals surface area (Å²) in [7, 11) is 1.86. The molecule has 0 unspecified atom stereocenters. The van der Waals surface area contributed by atoms with Gasteiger partial charge in [-0.2, -0.15) is 0 Å². The Morgan fingerprint density at radius 2 is 1.42 bits per heavy atom. The summed E-state index contributed by atoms with van der Waals surface area (Å²) in [5.74, 6) is 0. The number of rotatable bonds is 3. The van der Waals surface area contributed by atoms with Crippen molar-refractivity contribution < 1.29 is 0 Å². The molecule has 2 heteroatoms. The normalized spacial score (nSPS) is 10.4. The van der Waals surface area contributed by atoms with Crippen LogP contribution in [0.25, 0.3) is 16.8 Å². The fraction of sp³-hybridized carbons (Fsp3) is 0.176. The van der Waals surface area contributed by atoms with Gasteiger partial charge in [-0.15, -0.1) is 0 Å². The van der Waals surface area contributed by atoms with Gasteiger partial charge in [-0.1, -0.05) is 68.4 Å². The van der Waals surface area contributed by atoms with Crippen LogP contribution in [0.15, 0.2) is 60.8 Å². The second-order valence-corrected chi connectivity index (χ2v) is 3.77. The first-order valence-corrected chi connectivity index (χ1v) is 6.60. The van der Waals surface area contributed by atoms with E-state index in [0.717, 1.165) is 11.3 Å². The molecule has 0 aliphatic rings. The molecule has 0 saturated heterocycles. The highest BCUT2D eigenvalue weighted by Gasteiger charge is 2.00. The maximum atomic E-state index is 5.54. The lowest BCUT2D eigenvalue weighted by atomic mass is 10.0. The molecule has 0 saturated carbocycles. The Morgan fingerprint density at radius 1 is 0.895 bits per heavy atom. The third-order valence-corrected chi connectivity index (χ3v) is 2.74. The first-order chi connectivity index (χ1) is 9.35. The molecule has 2 aromatic rings. The van der Waals surface area contributed by atoms with Gasteiger partial charge in [0.1, 0.15) is 0 Å². The molecule has 100 valence electrons. The molecule has 0 spiro atoms.